The van der Waals surface area contributed by atoms with Gasteiger partial charge in [-0.25, -0.2) is 0 Å². The highest BCUT2D eigenvalue weighted by atomic mass is 16.5. The summed E-state index contributed by atoms with van der Waals surface area (Å²) in [6.07, 6.45) is -0.227. The van der Waals surface area contributed by atoms with Gasteiger partial charge in [0.05, 0.1) is 6.61 Å². The molecule has 0 amide bonds. The van der Waals surface area contributed by atoms with Crippen molar-refractivity contribution in [3.05, 3.63) is 52.6 Å². The van der Waals surface area contributed by atoms with E-state index in [0.717, 1.165) is 21.9 Å². The molecule has 0 aromatic heterocycles. The van der Waals surface area contributed by atoms with Gasteiger partial charge in [0, 0.05) is 29.0 Å². The number of ketones is 2. The molecule has 2 aromatic rings. The fourth-order valence-electron chi connectivity index (χ4n) is 4.16. The van der Waals surface area contributed by atoms with Gasteiger partial charge >= 0.3 is 0 Å². The van der Waals surface area contributed by atoms with Crippen LogP contribution in [0.15, 0.2) is 35.9 Å². The minimum Gasteiger partial charge on any atom is -0.492 e. The molecule has 2 aliphatic rings. The van der Waals surface area contributed by atoms with Crippen molar-refractivity contribution in [2.75, 3.05) is 6.61 Å². The highest BCUT2D eigenvalue weighted by Gasteiger charge is 2.51. The van der Waals surface area contributed by atoms with Gasteiger partial charge in [-0.05, 0) is 30.2 Å². The summed E-state index contributed by atoms with van der Waals surface area (Å²) < 4.78 is 5.81. The maximum atomic E-state index is 13.2. The molecule has 1 aliphatic carbocycles. The third kappa shape index (κ3) is 2.10. The molecule has 25 heavy (non-hydrogen) atoms. The molecule has 0 unspecified atom stereocenters. The molecule has 1 N–H and O–H groups in total. The van der Waals surface area contributed by atoms with Gasteiger partial charge in [-0.1, -0.05) is 37.3 Å². The quantitative estimate of drug-likeness (QED) is 0.914. The maximum Gasteiger partial charge on any atom is 0.199 e. The first-order valence-corrected chi connectivity index (χ1v) is 8.51. The molecule has 1 aliphatic heterocycles. The maximum absolute atomic E-state index is 13.2. The van der Waals surface area contributed by atoms with Gasteiger partial charge in [-0.3, -0.25) is 9.59 Å². The van der Waals surface area contributed by atoms with Crippen LogP contribution in [-0.4, -0.2) is 23.3 Å². The summed E-state index contributed by atoms with van der Waals surface area (Å²) >= 11 is 0. The summed E-state index contributed by atoms with van der Waals surface area (Å²) in [6.45, 7) is 5.71. The lowest BCUT2D eigenvalue weighted by molar-refractivity contribution is -0.140. The highest BCUT2D eigenvalue weighted by molar-refractivity contribution is 6.15. The van der Waals surface area contributed by atoms with E-state index in [-0.39, 0.29) is 18.1 Å². The monoisotopic (exact) mass is 336 g/mol. The Morgan fingerprint density at radius 1 is 1.28 bits per heavy atom. The summed E-state index contributed by atoms with van der Waals surface area (Å²) in [7, 11) is 0. The number of benzene rings is 2. The molecule has 1 heterocycles. The number of Topliss-reactive ketones (excluding diaryl/α,β-unsaturated/α-hetero) is 2. The number of carbonyl (C=O) groups is 2. The Morgan fingerprint density at radius 2 is 2.04 bits per heavy atom. The average molecular weight is 336 g/mol. The lowest BCUT2D eigenvalue weighted by Crippen LogP contribution is -2.42. The van der Waals surface area contributed by atoms with Crippen LogP contribution in [0.4, 0.5) is 0 Å². The normalized spacial score (nSPS) is 25.0. The number of hydrogen-bond acceptors (Lipinski definition) is 4. The van der Waals surface area contributed by atoms with Crippen LogP contribution in [0.2, 0.25) is 0 Å². The van der Waals surface area contributed by atoms with Crippen molar-refractivity contribution in [3.8, 4) is 0 Å². The van der Waals surface area contributed by atoms with Crippen LogP contribution in [0.5, 0.6) is 0 Å². The van der Waals surface area contributed by atoms with E-state index in [4.69, 9.17) is 4.74 Å². The summed E-state index contributed by atoms with van der Waals surface area (Å²) in [4.78, 5) is 25.1. The number of aliphatic hydroxyl groups is 1. The lowest BCUT2D eigenvalue weighted by atomic mass is 9.71. The van der Waals surface area contributed by atoms with Crippen molar-refractivity contribution in [2.24, 2.45) is 5.92 Å². The molecule has 128 valence electrons. The highest BCUT2D eigenvalue weighted by Crippen LogP contribution is 2.49. The largest absolute Gasteiger partial charge is 0.492 e. The van der Waals surface area contributed by atoms with Crippen LogP contribution < -0.4 is 0 Å². The van der Waals surface area contributed by atoms with Crippen LogP contribution >= 0.6 is 0 Å². The summed E-state index contributed by atoms with van der Waals surface area (Å²) in [5, 5.41) is 13.2. The van der Waals surface area contributed by atoms with Gasteiger partial charge in [-0.2, -0.15) is 0 Å². The first-order valence-electron chi connectivity index (χ1n) is 8.51. The second kappa shape index (κ2) is 5.27. The SMILES string of the molecule is CC(=O)C[C@]1(O)C(=O)C2=C(OC[C@@H]2C)c2ccc3c(C)cccc3c21. The van der Waals surface area contributed by atoms with Crippen LogP contribution in [0.3, 0.4) is 0 Å². The Bertz CT molecular complexity index is 969. The predicted molar refractivity (Wildman–Crippen MR) is 94.9 cm³/mol. The van der Waals surface area contributed by atoms with Crippen LogP contribution in [0.1, 0.15) is 37.0 Å². The van der Waals surface area contributed by atoms with Gasteiger partial charge in [-0.15, -0.1) is 0 Å². The Morgan fingerprint density at radius 3 is 2.76 bits per heavy atom. The Kier molecular flexibility index (Phi) is 3.38. The van der Waals surface area contributed by atoms with E-state index in [2.05, 4.69) is 0 Å². The molecule has 0 radical (unpaired) electrons. The van der Waals surface area contributed by atoms with Crippen LogP contribution in [0, 0.1) is 12.8 Å². The number of ether oxygens (including phenoxy) is 1. The molecule has 0 saturated carbocycles. The van der Waals surface area contributed by atoms with E-state index in [1.165, 1.54) is 6.92 Å². The number of carbonyl (C=O) groups excluding carboxylic acids is 2. The number of rotatable bonds is 2. The fourth-order valence-corrected chi connectivity index (χ4v) is 4.16. The van der Waals surface area contributed by atoms with Gasteiger partial charge in [0.15, 0.2) is 11.4 Å². The predicted octanol–water partition coefficient (Wildman–Crippen LogP) is 3.28. The van der Waals surface area contributed by atoms with Crippen molar-refractivity contribution >= 4 is 28.1 Å². The third-order valence-electron chi connectivity index (χ3n) is 5.28. The molecule has 0 saturated heterocycles. The van der Waals surface area contributed by atoms with Crippen LogP contribution in [-0.2, 0) is 19.9 Å². The molecule has 0 bridgehead atoms. The summed E-state index contributed by atoms with van der Waals surface area (Å²) in [5.74, 6) is -0.155. The van der Waals surface area contributed by atoms with E-state index < -0.39 is 11.4 Å². The van der Waals surface area contributed by atoms with Crippen molar-refractivity contribution in [1.82, 2.24) is 0 Å². The average Bonchev–Trinajstić information content (AvgIpc) is 2.93. The van der Waals surface area contributed by atoms with E-state index in [9.17, 15) is 14.7 Å². The molecule has 4 nitrogen and oxygen atoms in total. The standard InChI is InChI=1S/C21H20O4/c1-11-5-4-6-15-14(11)7-8-16-18(15)21(24,9-13(3)22)20(23)17-12(2)10-25-19(16)17/h4-8,12,24H,9-10H2,1-3H3/t12-,21+/m0/s1. The molecule has 0 spiro atoms. The van der Waals surface area contributed by atoms with E-state index in [0.29, 0.717) is 23.5 Å². The summed E-state index contributed by atoms with van der Waals surface area (Å²) in [5.41, 5.74) is 0.944. The number of fused-ring (bicyclic) bond motifs is 4. The molecule has 0 fully saturated rings. The van der Waals surface area contributed by atoms with Crippen molar-refractivity contribution in [1.29, 1.82) is 0 Å². The zero-order chi connectivity index (χ0) is 17.9. The summed E-state index contributed by atoms with van der Waals surface area (Å²) in [6, 6.07) is 9.67. The minimum atomic E-state index is -1.84. The van der Waals surface area contributed by atoms with Gasteiger partial charge in [0.2, 0.25) is 0 Å². The zero-order valence-corrected chi connectivity index (χ0v) is 14.6. The smallest absolute Gasteiger partial charge is 0.199 e. The van der Waals surface area contributed by atoms with Crippen LogP contribution in [0.25, 0.3) is 16.5 Å². The topological polar surface area (TPSA) is 63.6 Å². The van der Waals surface area contributed by atoms with E-state index in [1.807, 2.05) is 44.2 Å². The van der Waals surface area contributed by atoms with Crippen molar-refractivity contribution in [2.45, 2.75) is 32.8 Å². The van der Waals surface area contributed by atoms with Gasteiger partial charge in [0.1, 0.15) is 11.5 Å². The second-order valence-corrected chi connectivity index (χ2v) is 7.18. The molecule has 2 aromatic carbocycles. The lowest BCUT2D eigenvalue weighted by Gasteiger charge is -2.34. The molecular weight excluding hydrogens is 316 g/mol. The van der Waals surface area contributed by atoms with E-state index in [1.54, 1.807) is 0 Å². The Labute approximate surface area is 146 Å². The minimum absolute atomic E-state index is 0.0951. The number of hydrogen-bond donors (Lipinski definition) is 1. The fraction of sp³-hybridized carbons (Fsp3) is 0.333. The number of aryl methyl sites for hydroxylation is 1. The van der Waals surface area contributed by atoms with Gasteiger partial charge < -0.3 is 9.84 Å². The zero-order valence-electron chi connectivity index (χ0n) is 14.6. The Balaban J connectivity index is 2.13. The Hall–Kier alpha value is -2.46. The van der Waals surface area contributed by atoms with Crippen molar-refractivity contribution in [3.63, 3.8) is 0 Å². The third-order valence-corrected chi connectivity index (χ3v) is 5.28. The molecule has 4 heteroatoms. The molecule has 4 rings (SSSR count). The van der Waals surface area contributed by atoms with E-state index >= 15 is 0 Å². The van der Waals surface area contributed by atoms with Gasteiger partial charge in [0.25, 0.3) is 0 Å². The van der Waals surface area contributed by atoms with Crippen molar-refractivity contribution < 1.29 is 19.4 Å². The molecule has 2 atom stereocenters. The first-order chi connectivity index (χ1) is 11.8. The first kappa shape index (κ1) is 16.0. The molecular formula is C21H20O4. The second-order valence-electron chi connectivity index (χ2n) is 7.18.